The number of hydrogen-bond donors (Lipinski definition) is 2. The number of rotatable bonds is 4. The van der Waals surface area contributed by atoms with Crippen molar-refractivity contribution in [3.8, 4) is 0 Å². The van der Waals surface area contributed by atoms with Gasteiger partial charge in [0.1, 0.15) is 0 Å². The fourth-order valence-electron chi connectivity index (χ4n) is 0.813. The molecular weight excluding hydrogens is 152 g/mol. The van der Waals surface area contributed by atoms with E-state index in [1.165, 1.54) is 5.57 Å². The SMILES string of the molecule is CC(C)=CC[C@H](O)/C(C)=C\CO. The first kappa shape index (κ1) is 11.4. The highest BCUT2D eigenvalue weighted by atomic mass is 16.3. The lowest BCUT2D eigenvalue weighted by Gasteiger charge is -2.08. The first-order chi connectivity index (χ1) is 5.57. The van der Waals surface area contributed by atoms with Gasteiger partial charge >= 0.3 is 0 Å². The molecule has 12 heavy (non-hydrogen) atoms. The van der Waals surface area contributed by atoms with Gasteiger partial charge in [0, 0.05) is 0 Å². The quantitative estimate of drug-likeness (QED) is 0.630. The molecule has 0 aromatic carbocycles. The van der Waals surface area contributed by atoms with Crippen molar-refractivity contribution >= 4 is 0 Å². The maximum absolute atomic E-state index is 9.47. The number of aliphatic hydroxyl groups is 2. The van der Waals surface area contributed by atoms with E-state index in [-0.39, 0.29) is 6.61 Å². The molecule has 2 nitrogen and oxygen atoms in total. The molecule has 0 spiro atoms. The second kappa shape index (κ2) is 5.98. The highest BCUT2D eigenvalue weighted by Gasteiger charge is 2.02. The standard InChI is InChI=1S/C10H18O2/c1-8(2)4-5-10(12)9(3)6-7-11/h4,6,10-12H,5,7H2,1-3H3/b9-6-/t10-/m0/s1. The predicted molar refractivity (Wildman–Crippen MR) is 50.9 cm³/mol. The Morgan fingerprint density at radius 3 is 2.25 bits per heavy atom. The van der Waals surface area contributed by atoms with Crippen molar-refractivity contribution in [2.75, 3.05) is 6.61 Å². The molecule has 0 aromatic heterocycles. The third kappa shape index (κ3) is 5.10. The van der Waals surface area contributed by atoms with Crippen molar-refractivity contribution in [2.24, 2.45) is 0 Å². The van der Waals surface area contributed by atoms with Crippen molar-refractivity contribution < 1.29 is 10.2 Å². The van der Waals surface area contributed by atoms with Crippen molar-refractivity contribution in [1.29, 1.82) is 0 Å². The molecule has 0 saturated heterocycles. The lowest BCUT2D eigenvalue weighted by molar-refractivity contribution is 0.212. The van der Waals surface area contributed by atoms with Crippen LogP contribution < -0.4 is 0 Å². The van der Waals surface area contributed by atoms with Crippen LogP contribution in [0.5, 0.6) is 0 Å². The minimum atomic E-state index is -0.452. The van der Waals surface area contributed by atoms with Crippen molar-refractivity contribution in [2.45, 2.75) is 33.3 Å². The van der Waals surface area contributed by atoms with Crippen LogP contribution in [0.25, 0.3) is 0 Å². The minimum absolute atomic E-state index is 0.00227. The molecule has 2 heteroatoms. The van der Waals surface area contributed by atoms with E-state index >= 15 is 0 Å². The van der Waals surface area contributed by atoms with Crippen molar-refractivity contribution in [1.82, 2.24) is 0 Å². The Morgan fingerprint density at radius 2 is 1.83 bits per heavy atom. The first-order valence-corrected chi connectivity index (χ1v) is 4.17. The maximum Gasteiger partial charge on any atom is 0.0782 e. The molecule has 2 N–H and O–H groups in total. The van der Waals surface area contributed by atoms with Crippen LogP contribution >= 0.6 is 0 Å². The van der Waals surface area contributed by atoms with E-state index < -0.39 is 6.10 Å². The largest absolute Gasteiger partial charge is 0.392 e. The summed E-state index contributed by atoms with van der Waals surface area (Å²) in [6, 6.07) is 0. The van der Waals surface area contributed by atoms with Crippen LogP contribution in [0, 0.1) is 0 Å². The molecular formula is C10H18O2. The van der Waals surface area contributed by atoms with Crippen LogP contribution in [-0.4, -0.2) is 22.9 Å². The van der Waals surface area contributed by atoms with E-state index in [0.29, 0.717) is 6.42 Å². The van der Waals surface area contributed by atoms with Gasteiger partial charge in [0.2, 0.25) is 0 Å². The van der Waals surface area contributed by atoms with Crippen molar-refractivity contribution in [3.63, 3.8) is 0 Å². The number of hydrogen-bond acceptors (Lipinski definition) is 2. The summed E-state index contributed by atoms with van der Waals surface area (Å²) < 4.78 is 0. The van der Waals surface area contributed by atoms with E-state index in [2.05, 4.69) is 0 Å². The Morgan fingerprint density at radius 1 is 1.25 bits per heavy atom. The van der Waals surface area contributed by atoms with Crippen LogP contribution in [0.2, 0.25) is 0 Å². The van der Waals surface area contributed by atoms with Gasteiger partial charge in [-0.3, -0.25) is 0 Å². The highest BCUT2D eigenvalue weighted by molar-refractivity contribution is 5.08. The number of aliphatic hydroxyl groups excluding tert-OH is 2. The smallest absolute Gasteiger partial charge is 0.0782 e. The first-order valence-electron chi connectivity index (χ1n) is 4.17. The van der Waals surface area contributed by atoms with Gasteiger partial charge in [0.25, 0.3) is 0 Å². The van der Waals surface area contributed by atoms with Gasteiger partial charge in [-0.05, 0) is 32.8 Å². The molecule has 0 rings (SSSR count). The zero-order valence-electron chi connectivity index (χ0n) is 8.04. The monoisotopic (exact) mass is 170 g/mol. The Bertz CT molecular complexity index is 176. The van der Waals surface area contributed by atoms with Crippen molar-refractivity contribution in [3.05, 3.63) is 23.3 Å². The summed E-state index contributed by atoms with van der Waals surface area (Å²) >= 11 is 0. The third-order valence-corrected chi connectivity index (χ3v) is 1.69. The molecule has 0 radical (unpaired) electrons. The second-order valence-corrected chi connectivity index (χ2v) is 3.16. The molecule has 0 unspecified atom stereocenters. The average Bonchev–Trinajstić information content (AvgIpc) is 2.00. The van der Waals surface area contributed by atoms with E-state index in [0.717, 1.165) is 5.57 Å². The van der Waals surface area contributed by atoms with Gasteiger partial charge in [0.15, 0.2) is 0 Å². The Hall–Kier alpha value is -0.600. The van der Waals surface area contributed by atoms with E-state index in [4.69, 9.17) is 5.11 Å². The van der Waals surface area contributed by atoms with Gasteiger partial charge in [0.05, 0.1) is 12.7 Å². The molecule has 0 bridgehead atoms. The Labute approximate surface area is 74.2 Å². The van der Waals surface area contributed by atoms with E-state index in [1.54, 1.807) is 6.08 Å². The fraction of sp³-hybridized carbons (Fsp3) is 0.600. The van der Waals surface area contributed by atoms with Gasteiger partial charge in [-0.2, -0.15) is 0 Å². The summed E-state index contributed by atoms with van der Waals surface area (Å²) in [5, 5.41) is 18.0. The molecule has 0 aliphatic carbocycles. The Kier molecular flexibility index (Phi) is 5.68. The molecule has 0 amide bonds. The van der Waals surface area contributed by atoms with Gasteiger partial charge in [-0.25, -0.2) is 0 Å². The summed E-state index contributed by atoms with van der Waals surface area (Å²) in [4.78, 5) is 0. The predicted octanol–water partition coefficient (Wildman–Crippen LogP) is 1.64. The van der Waals surface area contributed by atoms with Crippen LogP contribution in [0.4, 0.5) is 0 Å². The minimum Gasteiger partial charge on any atom is -0.392 e. The van der Waals surface area contributed by atoms with Crippen LogP contribution in [0.15, 0.2) is 23.3 Å². The maximum atomic E-state index is 9.47. The number of allylic oxidation sites excluding steroid dienone is 1. The van der Waals surface area contributed by atoms with Crippen LogP contribution in [0.3, 0.4) is 0 Å². The normalized spacial score (nSPS) is 14.2. The summed E-state index contributed by atoms with van der Waals surface area (Å²) in [6.45, 7) is 5.81. The zero-order chi connectivity index (χ0) is 9.56. The summed E-state index contributed by atoms with van der Waals surface area (Å²) in [6.07, 6.45) is 3.79. The van der Waals surface area contributed by atoms with Gasteiger partial charge in [-0.1, -0.05) is 17.7 Å². The molecule has 0 aromatic rings. The van der Waals surface area contributed by atoms with E-state index in [9.17, 15) is 5.11 Å². The topological polar surface area (TPSA) is 40.5 Å². The van der Waals surface area contributed by atoms with Crippen LogP contribution in [-0.2, 0) is 0 Å². The fourth-order valence-corrected chi connectivity index (χ4v) is 0.813. The van der Waals surface area contributed by atoms with Crippen LogP contribution in [0.1, 0.15) is 27.2 Å². The van der Waals surface area contributed by atoms with Gasteiger partial charge in [-0.15, -0.1) is 0 Å². The molecule has 70 valence electrons. The molecule has 0 fully saturated rings. The second-order valence-electron chi connectivity index (χ2n) is 3.16. The summed E-state index contributed by atoms with van der Waals surface area (Å²) in [5.74, 6) is 0. The molecule has 0 aliphatic heterocycles. The molecule has 0 saturated carbocycles. The zero-order valence-corrected chi connectivity index (χ0v) is 8.04. The highest BCUT2D eigenvalue weighted by Crippen LogP contribution is 2.07. The van der Waals surface area contributed by atoms with E-state index in [1.807, 2.05) is 26.8 Å². The summed E-state index contributed by atoms with van der Waals surface area (Å²) in [5.41, 5.74) is 2.03. The lowest BCUT2D eigenvalue weighted by atomic mass is 10.1. The molecule has 0 aliphatic rings. The summed E-state index contributed by atoms with van der Waals surface area (Å²) in [7, 11) is 0. The third-order valence-electron chi connectivity index (χ3n) is 1.69. The van der Waals surface area contributed by atoms with Gasteiger partial charge < -0.3 is 10.2 Å². The molecule has 0 heterocycles. The average molecular weight is 170 g/mol. The molecule has 1 atom stereocenters. The Balaban J connectivity index is 3.95. The lowest BCUT2D eigenvalue weighted by Crippen LogP contribution is -2.07.